The van der Waals surface area contributed by atoms with Gasteiger partial charge in [-0.1, -0.05) is 43.5 Å². The molecule has 0 aliphatic rings. The van der Waals surface area contributed by atoms with Gasteiger partial charge in [0.25, 0.3) is 6.43 Å². The second kappa shape index (κ2) is 10.6. The third-order valence-electron chi connectivity index (χ3n) is 5.23. The molecule has 1 N–H and O–H groups in total. The number of hydrogen-bond donors (Lipinski definition) is 1. The van der Waals surface area contributed by atoms with Crippen molar-refractivity contribution in [1.29, 1.82) is 0 Å². The lowest BCUT2D eigenvalue weighted by molar-refractivity contribution is 0.137. The van der Waals surface area contributed by atoms with Crippen molar-refractivity contribution in [2.45, 2.75) is 27.2 Å². The number of imidazole rings is 1. The first-order valence-corrected chi connectivity index (χ1v) is 12.3. The number of fused-ring (bicyclic) bond motifs is 1. The zero-order chi connectivity index (χ0) is 25.2. The van der Waals surface area contributed by atoms with E-state index in [4.69, 9.17) is 11.6 Å². The van der Waals surface area contributed by atoms with E-state index in [0.29, 0.717) is 11.2 Å². The van der Waals surface area contributed by atoms with Crippen LogP contribution in [0.3, 0.4) is 0 Å². The van der Waals surface area contributed by atoms with Crippen LogP contribution < -0.4 is 9.62 Å². The lowest BCUT2D eigenvalue weighted by Crippen LogP contribution is -2.08. The number of hydrogen-bond acceptors (Lipinski definition) is 6. The fourth-order valence-electron chi connectivity index (χ4n) is 3.62. The van der Waals surface area contributed by atoms with Gasteiger partial charge < -0.3 is 14.2 Å². The molecular formula is C23H28ClF2N7S. The molecule has 11 heteroatoms. The number of alkyl halides is 2. The van der Waals surface area contributed by atoms with Crippen molar-refractivity contribution < 1.29 is 8.78 Å². The molecule has 1 aromatic carbocycles. The predicted octanol–water partition coefficient (Wildman–Crippen LogP) is 6.75. The first-order chi connectivity index (χ1) is 16.2. The van der Waals surface area contributed by atoms with Crippen LogP contribution in [-0.4, -0.2) is 37.6 Å². The van der Waals surface area contributed by atoms with Crippen molar-refractivity contribution in [3.8, 4) is 11.1 Å². The van der Waals surface area contributed by atoms with Crippen molar-refractivity contribution in [3.05, 3.63) is 47.1 Å². The van der Waals surface area contributed by atoms with E-state index in [1.165, 1.54) is 11.6 Å². The van der Waals surface area contributed by atoms with Gasteiger partial charge in [-0.25, -0.2) is 18.7 Å². The van der Waals surface area contributed by atoms with Gasteiger partial charge in [0.2, 0.25) is 0 Å². The summed E-state index contributed by atoms with van der Waals surface area (Å²) in [5.74, 6) is -0.360. The van der Waals surface area contributed by atoms with Gasteiger partial charge >= 0.3 is 0 Å². The lowest BCUT2D eigenvalue weighted by atomic mass is 10.1. The fourth-order valence-corrected chi connectivity index (χ4v) is 4.16. The number of halogens is 3. The van der Waals surface area contributed by atoms with Crippen LogP contribution in [0, 0.1) is 6.92 Å². The molecule has 0 spiro atoms. The highest BCUT2D eigenvalue weighted by molar-refractivity contribution is 7.99. The molecule has 4 rings (SSSR count). The second-order valence-corrected chi connectivity index (χ2v) is 8.63. The van der Waals surface area contributed by atoms with Gasteiger partial charge in [-0.05, 0) is 24.6 Å². The topological polar surface area (TPSA) is 63.8 Å². The molecule has 0 aliphatic carbocycles. The number of anilines is 3. The van der Waals surface area contributed by atoms with E-state index in [0.717, 1.165) is 28.2 Å². The van der Waals surface area contributed by atoms with Crippen LogP contribution >= 0.6 is 23.5 Å². The Hall–Kier alpha value is -2.85. The van der Waals surface area contributed by atoms with Gasteiger partial charge in [-0.2, -0.15) is 5.10 Å². The SMILES string of the molecule is CC.CSN(C)c1cc(-c2cn(C)nc2C)ccc1Nc1cc(Cl)nc2c1nc(C(F)F)n2C. The summed E-state index contributed by atoms with van der Waals surface area (Å²) in [4.78, 5) is 8.31. The Morgan fingerprint density at radius 2 is 1.82 bits per heavy atom. The van der Waals surface area contributed by atoms with Crippen LogP contribution in [0.15, 0.2) is 30.5 Å². The van der Waals surface area contributed by atoms with E-state index in [2.05, 4.69) is 26.4 Å². The van der Waals surface area contributed by atoms with Crippen LogP contribution in [-0.2, 0) is 14.1 Å². The summed E-state index contributed by atoms with van der Waals surface area (Å²) in [7, 11) is 5.35. The second-order valence-electron chi connectivity index (χ2n) is 7.33. The zero-order valence-corrected chi connectivity index (χ0v) is 21.8. The molecule has 3 heterocycles. The number of benzene rings is 1. The van der Waals surface area contributed by atoms with Crippen LogP contribution in [0.4, 0.5) is 25.8 Å². The number of aryl methyl sites for hydroxylation is 3. The zero-order valence-electron chi connectivity index (χ0n) is 20.2. The predicted molar refractivity (Wildman–Crippen MR) is 138 cm³/mol. The summed E-state index contributed by atoms with van der Waals surface area (Å²) < 4.78 is 31.9. The molecule has 0 saturated carbocycles. The van der Waals surface area contributed by atoms with Gasteiger partial charge in [0.15, 0.2) is 11.5 Å². The third-order valence-corrected chi connectivity index (χ3v) is 6.17. The number of rotatable bonds is 6. The molecule has 0 fully saturated rings. The van der Waals surface area contributed by atoms with Crippen LogP contribution in [0.5, 0.6) is 0 Å². The molecule has 0 atom stereocenters. The fraction of sp³-hybridized carbons (Fsp3) is 0.348. The van der Waals surface area contributed by atoms with E-state index >= 15 is 0 Å². The van der Waals surface area contributed by atoms with Crippen LogP contribution in [0.25, 0.3) is 22.3 Å². The maximum Gasteiger partial charge on any atom is 0.295 e. The van der Waals surface area contributed by atoms with E-state index in [1.54, 1.807) is 22.7 Å². The molecule has 4 aromatic rings. The average Bonchev–Trinajstić information content (AvgIpc) is 3.33. The molecule has 3 aromatic heterocycles. The molecule has 0 bridgehead atoms. The molecule has 0 unspecified atom stereocenters. The highest BCUT2D eigenvalue weighted by Crippen LogP contribution is 2.38. The van der Waals surface area contributed by atoms with E-state index in [9.17, 15) is 8.78 Å². The molecule has 0 amide bonds. The summed E-state index contributed by atoms with van der Waals surface area (Å²) in [5, 5.41) is 7.94. The van der Waals surface area contributed by atoms with E-state index < -0.39 is 6.43 Å². The Balaban J connectivity index is 0.00000158. The average molecular weight is 508 g/mol. The van der Waals surface area contributed by atoms with Crippen molar-refractivity contribution in [1.82, 2.24) is 24.3 Å². The summed E-state index contributed by atoms with van der Waals surface area (Å²) in [6.45, 7) is 5.97. The van der Waals surface area contributed by atoms with Crippen molar-refractivity contribution in [2.75, 3.05) is 22.9 Å². The normalized spacial score (nSPS) is 11.0. The van der Waals surface area contributed by atoms with E-state index in [-0.39, 0.29) is 16.6 Å². The molecule has 0 radical (unpaired) electrons. The Bertz CT molecular complexity index is 1300. The number of aromatic nitrogens is 5. The third kappa shape index (κ3) is 4.97. The summed E-state index contributed by atoms with van der Waals surface area (Å²) >= 11 is 7.75. The highest BCUT2D eigenvalue weighted by atomic mass is 35.5. The standard InChI is InChI=1S/C21H22ClF2N7S.C2H6/c1-11-13(10-29(2)28-11)12-6-7-14(16(8-12)31(4)32-5)25-15-9-17(22)26-20-18(15)27-21(19(23)24)30(20)3;1-2/h6-10,19H,1-5H3,(H,25,26);1-2H3. The number of pyridine rings is 1. The van der Waals surface area contributed by atoms with Gasteiger partial charge in [-0.3, -0.25) is 4.68 Å². The molecule has 7 nitrogen and oxygen atoms in total. The van der Waals surface area contributed by atoms with Crippen molar-refractivity contribution in [3.63, 3.8) is 0 Å². The van der Waals surface area contributed by atoms with Gasteiger partial charge in [-0.15, -0.1) is 0 Å². The minimum Gasteiger partial charge on any atom is -0.352 e. The molecule has 0 aliphatic heterocycles. The van der Waals surface area contributed by atoms with Crippen LogP contribution in [0.2, 0.25) is 5.15 Å². The highest BCUT2D eigenvalue weighted by Gasteiger charge is 2.21. The Morgan fingerprint density at radius 3 is 2.41 bits per heavy atom. The van der Waals surface area contributed by atoms with Crippen LogP contribution in [0.1, 0.15) is 31.8 Å². The Labute approximate surface area is 207 Å². The maximum atomic E-state index is 13.4. The van der Waals surface area contributed by atoms with Crippen molar-refractivity contribution >= 4 is 51.8 Å². The minimum absolute atomic E-state index is 0.186. The molecule has 34 heavy (non-hydrogen) atoms. The summed E-state index contributed by atoms with van der Waals surface area (Å²) in [6.07, 6.45) is 1.23. The smallest absolute Gasteiger partial charge is 0.295 e. The molecular weight excluding hydrogens is 480 g/mol. The first kappa shape index (κ1) is 25.8. The quantitative estimate of drug-likeness (QED) is 0.230. The van der Waals surface area contributed by atoms with Crippen molar-refractivity contribution in [2.24, 2.45) is 14.1 Å². The van der Waals surface area contributed by atoms with Gasteiger partial charge in [0.1, 0.15) is 10.7 Å². The first-order valence-electron chi connectivity index (χ1n) is 10.7. The molecule has 0 saturated heterocycles. The molecule has 182 valence electrons. The Kier molecular flexibility index (Phi) is 8.04. The van der Waals surface area contributed by atoms with Gasteiger partial charge in [0.05, 0.1) is 22.8 Å². The Morgan fingerprint density at radius 1 is 1.12 bits per heavy atom. The summed E-state index contributed by atoms with van der Waals surface area (Å²) in [6, 6.07) is 7.59. The minimum atomic E-state index is -2.72. The maximum absolute atomic E-state index is 13.4. The summed E-state index contributed by atoms with van der Waals surface area (Å²) in [5.41, 5.74) is 5.80. The largest absolute Gasteiger partial charge is 0.352 e. The van der Waals surface area contributed by atoms with E-state index in [1.807, 2.05) is 63.8 Å². The number of nitrogens with zero attached hydrogens (tertiary/aromatic N) is 6. The monoisotopic (exact) mass is 507 g/mol. The number of nitrogens with one attached hydrogen (secondary N) is 1. The van der Waals surface area contributed by atoms with Gasteiger partial charge in [0, 0.05) is 45.2 Å². The lowest BCUT2D eigenvalue weighted by Gasteiger charge is -2.21.